The van der Waals surface area contributed by atoms with E-state index in [1.54, 1.807) is 26.8 Å². The Kier molecular flexibility index (Phi) is 3.85. The first-order valence-electron chi connectivity index (χ1n) is 5.26. The Bertz CT molecular complexity index is 388. The summed E-state index contributed by atoms with van der Waals surface area (Å²) in [5.41, 5.74) is 6.80. The molecule has 0 saturated carbocycles. The number of aryl methyl sites for hydroxylation is 1. The van der Waals surface area contributed by atoms with Crippen molar-refractivity contribution in [2.45, 2.75) is 33.0 Å². The quantitative estimate of drug-likeness (QED) is 0.893. The molecule has 0 aliphatic heterocycles. The lowest BCUT2D eigenvalue weighted by atomic mass is 10.2. The van der Waals surface area contributed by atoms with Crippen molar-refractivity contribution in [2.75, 3.05) is 17.2 Å². The molecule has 0 fully saturated rings. The number of nitrogens with zero attached hydrogens (tertiary/aromatic N) is 2. The molecule has 1 aromatic rings. The Hall–Kier alpha value is -1.46. The van der Waals surface area contributed by atoms with E-state index in [4.69, 9.17) is 5.73 Å². The van der Waals surface area contributed by atoms with Gasteiger partial charge in [-0.1, -0.05) is 0 Å². The van der Waals surface area contributed by atoms with Crippen LogP contribution < -0.4 is 10.6 Å². The Morgan fingerprint density at radius 1 is 1.41 bits per heavy atom. The number of halogens is 3. The highest BCUT2D eigenvalue weighted by atomic mass is 19.4. The van der Waals surface area contributed by atoms with Crippen LogP contribution in [0.25, 0.3) is 0 Å². The molecule has 17 heavy (non-hydrogen) atoms. The van der Waals surface area contributed by atoms with Crippen molar-refractivity contribution in [1.82, 2.24) is 4.98 Å². The Balaban J connectivity index is 3.06. The summed E-state index contributed by atoms with van der Waals surface area (Å²) >= 11 is 0. The number of pyridine rings is 1. The predicted octanol–water partition coefficient (Wildman–Crippen LogP) is 2.75. The van der Waals surface area contributed by atoms with Crippen LogP contribution in [0.1, 0.15) is 19.4 Å². The third kappa shape index (κ3) is 3.80. The van der Waals surface area contributed by atoms with Gasteiger partial charge in [0.05, 0.1) is 5.69 Å². The van der Waals surface area contributed by atoms with E-state index in [9.17, 15) is 13.2 Å². The molecule has 0 aliphatic rings. The SMILES string of the molecule is Cc1cnc(N(CC(F)(F)F)C(C)C)c(N)c1. The second-order valence-corrected chi connectivity index (χ2v) is 4.26. The van der Waals surface area contributed by atoms with Gasteiger partial charge in [0.1, 0.15) is 6.54 Å². The molecule has 6 heteroatoms. The fraction of sp³-hybridized carbons (Fsp3) is 0.545. The van der Waals surface area contributed by atoms with E-state index in [-0.39, 0.29) is 17.5 Å². The van der Waals surface area contributed by atoms with E-state index in [1.807, 2.05) is 0 Å². The summed E-state index contributed by atoms with van der Waals surface area (Å²) in [5.74, 6) is 0.183. The summed E-state index contributed by atoms with van der Waals surface area (Å²) in [6.45, 7) is 4.08. The van der Waals surface area contributed by atoms with Gasteiger partial charge in [0.2, 0.25) is 0 Å². The van der Waals surface area contributed by atoms with Crippen molar-refractivity contribution in [3.05, 3.63) is 17.8 Å². The topological polar surface area (TPSA) is 42.2 Å². The number of nitrogen functional groups attached to an aromatic ring is 1. The first-order chi connectivity index (χ1) is 7.70. The van der Waals surface area contributed by atoms with E-state index in [1.165, 1.54) is 6.20 Å². The summed E-state index contributed by atoms with van der Waals surface area (Å²) in [6, 6.07) is 1.29. The van der Waals surface area contributed by atoms with Crippen molar-refractivity contribution < 1.29 is 13.2 Å². The number of hydrogen-bond donors (Lipinski definition) is 1. The van der Waals surface area contributed by atoms with Crippen LogP contribution in [0, 0.1) is 6.92 Å². The van der Waals surface area contributed by atoms with E-state index in [0.29, 0.717) is 0 Å². The summed E-state index contributed by atoms with van der Waals surface area (Å²) in [4.78, 5) is 5.13. The molecule has 0 unspecified atom stereocenters. The molecule has 1 heterocycles. The highest BCUT2D eigenvalue weighted by Crippen LogP contribution is 2.27. The number of rotatable bonds is 3. The van der Waals surface area contributed by atoms with Gasteiger partial charge in [-0.15, -0.1) is 0 Å². The molecule has 0 spiro atoms. The maximum absolute atomic E-state index is 12.5. The summed E-state index contributed by atoms with van der Waals surface area (Å²) < 4.78 is 37.4. The first kappa shape index (κ1) is 13.6. The molecule has 0 saturated heterocycles. The minimum Gasteiger partial charge on any atom is -0.396 e. The Morgan fingerprint density at radius 3 is 2.41 bits per heavy atom. The third-order valence-corrected chi connectivity index (χ3v) is 2.28. The first-order valence-corrected chi connectivity index (χ1v) is 5.26. The molecule has 96 valence electrons. The molecule has 0 bridgehead atoms. The molecular formula is C11H16F3N3. The molecule has 1 aromatic heterocycles. The summed E-state index contributed by atoms with van der Waals surface area (Å²) in [6.07, 6.45) is -2.76. The minimum atomic E-state index is -4.27. The van der Waals surface area contributed by atoms with Crippen LogP contribution in [-0.2, 0) is 0 Å². The van der Waals surface area contributed by atoms with E-state index >= 15 is 0 Å². The largest absolute Gasteiger partial charge is 0.405 e. The summed E-state index contributed by atoms with van der Waals surface area (Å²) in [7, 11) is 0. The lowest BCUT2D eigenvalue weighted by Gasteiger charge is -2.29. The highest BCUT2D eigenvalue weighted by Gasteiger charge is 2.33. The molecular weight excluding hydrogens is 231 g/mol. The number of anilines is 2. The third-order valence-electron chi connectivity index (χ3n) is 2.28. The lowest BCUT2D eigenvalue weighted by Crippen LogP contribution is -2.40. The zero-order valence-corrected chi connectivity index (χ0v) is 10.0. The number of nitrogens with two attached hydrogens (primary N) is 1. The maximum atomic E-state index is 12.5. The van der Waals surface area contributed by atoms with E-state index in [0.717, 1.165) is 10.5 Å². The fourth-order valence-corrected chi connectivity index (χ4v) is 1.52. The van der Waals surface area contributed by atoms with Crippen molar-refractivity contribution in [3.8, 4) is 0 Å². The zero-order valence-electron chi connectivity index (χ0n) is 10.0. The second-order valence-electron chi connectivity index (χ2n) is 4.26. The van der Waals surface area contributed by atoms with E-state index in [2.05, 4.69) is 4.98 Å². The van der Waals surface area contributed by atoms with Crippen LogP contribution in [0.2, 0.25) is 0 Å². The molecule has 2 N–H and O–H groups in total. The smallest absolute Gasteiger partial charge is 0.396 e. The van der Waals surface area contributed by atoms with Gasteiger partial charge in [-0.3, -0.25) is 0 Å². The van der Waals surface area contributed by atoms with Crippen LogP contribution >= 0.6 is 0 Å². The Morgan fingerprint density at radius 2 is 2.00 bits per heavy atom. The molecule has 0 aromatic carbocycles. The van der Waals surface area contributed by atoms with Gasteiger partial charge in [-0.25, -0.2) is 4.98 Å². The van der Waals surface area contributed by atoms with Crippen LogP contribution in [0.5, 0.6) is 0 Å². The van der Waals surface area contributed by atoms with Gasteiger partial charge in [-0.2, -0.15) is 13.2 Å². The van der Waals surface area contributed by atoms with Gasteiger partial charge in [-0.05, 0) is 32.4 Å². The highest BCUT2D eigenvalue weighted by molar-refractivity contribution is 5.63. The van der Waals surface area contributed by atoms with Gasteiger partial charge in [0, 0.05) is 12.2 Å². The average molecular weight is 247 g/mol. The fourth-order valence-electron chi connectivity index (χ4n) is 1.52. The molecule has 0 radical (unpaired) electrons. The monoisotopic (exact) mass is 247 g/mol. The average Bonchev–Trinajstić information content (AvgIpc) is 2.13. The van der Waals surface area contributed by atoms with Crippen LogP contribution in [-0.4, -0.2) is 23.7 Å². The Labute approximate surface area is 98.4 Å². The standard InChI is InChI=1S/C11H16F3N3/c1-7(2)17(6-11(12,13)14)10-9(15)4-8(3)5-16-10/h4-5,7H,6,15H2,1-3H3. The van der Waals surface area contributed by atoms with Crippen molar-refractivity contribution >= 4 is 11.5 Å². The van der Waals surface area contributed by atoms with Crippen molar-refractivity contribution in [2.24, 2.45) is 0 Å². The van der Waals surface area contributed by atoms with Gasteiger partial charge < -0.3 is 10.6 Å². The van der Waals surface area contributed by atoms with E-state index < -0.39 is 12.7 Å². The zero-order chi connectivity index (χ0) is 13.2. The number of hydrogen-bond acceptors (Lipinski definition) is 3. The van der Waals surface area contributed by atoms with Gasteiger partial charge >= 0.3 is 6.18 Å². The molecule has 1 rings (SSSR count). The molecule has 3 nitrogen and oxygen atoms in total. The second kappa shape index (κ2) is 4.81. The van der Waals surface area contributed by atoms with Gasteiger partial charge in [0.25, 0.3) is 0 Å². The predicted molar refractivity (Wildman–Crippen MR) is 61.9 cm³/mol. The lowest BCUT2D eigenvalue weighted by molar-refractivity contribution is -0.120. The van der Waals surface area contributed by atoms with Crippen molar-refractivity contribution in [1.29, 1.82) is 0 Å². The number of aromatic nitrogens is 1. The minimum absolute atomic E-state index is 0.183. The molecule has 0 amide bonds. The summed E-state index contributed by atoms with van der Waals surface area (Å²) in [5, 5.41) is 0. The van der Waals surface area contributed by atoms with Crippen LogP contribution in [0.4, 0.5) is 24.7 Å². The molecule has 0 aliphatic carbocycles. The van der Waals surface area contributed by atoms with Crippen molar-refractivity contribution in [3.63, 3.8) is 0 Å². The van der Waals surface area contributed by atoms with Crippen LogP contribution in [0.15, 0.2) is 12.3 Å². The maximum Gasteiger partial charge on any atom is 0.405 e. The van der Waals surface area contributed by atoms with Crippen LogP contribution in [0.3, 0.4) is 0 Å². The number of alkyl halides is 3. The molecule has 0 atom stereocenters. The van der Waals surface area contributed by atoms with Gasteiger partial charge in [0.15, 0.2) is 5.82 Å². The normalized spacial score (nSPS) is 11.9.